The molecule has 0 aliphatic rings. The lowest BCUT2D eigenvalue weighted by Crippen LogP contribution is -2.24. The summed E-state index contributed by atoms with van der Waals surface area (Å²) in [5.74, 6) is 0.876. The minimum atomic E-state index is 0.0276. The number of aryl methyl sites for hydroxylation is 2. The monoisotopic (exact) mass is 258 g/mol. The molecule has 0 spiro atoms. The number of carbonyl (C=O) groups is 1. The van der Waals surface area contributed by atoms with Gasteiger partial charge in [0.1, 0.15) is 5.82 Å². The van der Waals surface area contributed by atoms with E-state index in [0.29, 0.717) is 19.4 Å². The van der Waals surface area contributed by atoms with Crippen LogP contribution in [0.3, 0.4) is 0 Å². The second-order valence-electron chi connectivity index (χ2n) is 4.47. The van der Waals surface area contributed by atoms with E-state index in [4.69, 9.17) is 5.73 Å². The third kappa shape index (κ3) is 3.84. The molecule has 0 atom stereocenters. The van der Waals surface area contributed by atoms with Crippen molar-refractivity contribution in [1.82, 2.24) is 14.9 Å². The van der Waals surface area contributed by atoms with Gasteiger partial charge in [0.15, 0.2) is 0 Å². The Morgan fingerprint density at radius 1 is 1.37 bits per heavy atom. The van der Waals surface area contributed by atoms with E-state index in [0.717, 1.165) is 17.1 Å². The number of nitrogens with zero attached hydrogens (tertiary/aromatic N) is 2. The van der Waals surface area contributed by atoms with Crippen molar-refractivity contribution in [3.63, 3.8) is 0 Å². The van der Waals surface area contributed by atoms with Gasteiger partial charge in [-0.15, -0.1) is 0 Å². The first-order valence-corrected chi connectivity index (χ1v) is 6.22. The Kier molecular flexibility index (Phi) is 4.18. The molecule has 19 heavy (non-hydrogen) atoms. The lowest BCUT2D eigenvalue weighted by atomic mass is 10.1. The SMILES string of the molecule is Cn1ccnc1CNC(=O)CCc1ccc(N)cc1. The molecule has 0 saturated heterocycles. The number of nitrogens with two attached hydrogens (primary N) is 1. The number of amides is 1. The van der Waals surface area contributed by atoms with Gasteiger partial charge in [-0.2, -0.15) is 0 Å². The number of nitrogens with one attached hydrogen (secondary N) is 1. The molecule has 0 fully saturated rings. The summed E-state index contributed by atoms with van der Waals surface area (Å²) in [6, 6.07) is 7.59. The summed E-state index contributed by atoms with van der Waals surface area (Å²) in [5, 5.41) is 2.86. The molecule has 1 aromatic heterocycles. The van der Waals surface area contributed by atoms with Crippen LogP contribution in [-0.2, 0) is 24.8 Å². The quantitative estimate of drug-likeness (QED) is 0.793. The number of nitrogen functional groups attached to an aromatic ring is 1. The number of rotatable bonds is 5. The summed E-state index contributed by atoms with van der Waals surface area (Å²) in [7, 11) is 1.91. The van der Waals surface area contributed by atoms with Gasteiger partial charge in [-0.25, -0.2) is 4.98 Å². The van der Waals surface area contributed by atoms with E-state index in [2.05, 4.69) is 10.3 Å². The molecule has 0 radical (unpaired) electrons. The van der Waals surface area contributed by atoms with Crippen LogP contribution in [0.4, 0.5) is 5.69 Å². The zero-order valence-corrected chi connectivity index (χ0v) is 11.0. The van der Waals surface area contributed by atoms with Crippen molar-refractivity contribution in [3.8, 4) is 0 Å². The Hall–Kier alpha value is -2.30. The van der Waals surface area contributed by atoms with Crippen LogP contribution in [0.2, 0.25) is 0 Å². The van der Waals surface area contributed by atoms with Crippen molar-refractivity contribution < 1.29 is 4.79 Å². The van der Waals surface area contributed by atoms with E-state index in [-0.39, 0.29) is 5.91 Å². The Morgan fingerprint density at radius 2 is 2.11 bits per heavy atom. The highest BCUT2D eigenvalue weighted by Crippen LogP contribution is 2.07. The number of imidazole rings is 1. The van der Waals surface area contributed by atoms with Gasteiger partial charge >= 0.3 is 0 Å². The summed E-state index contributed by atoms with van der Waals surface area (Å²) in [6.45, 7) is 0.462. The number of carbonyl (C=O) groups excluding carboxylic acids is 1. The van der Waals surface area contributed by atoms with Crippen LogP contribution in [0.25, 0.3) is 0 Å². The molecular weight excluding hydrogens is 240 g/mol. The van der Waals surface area contributed by atoms with Crippen LogP contribution in [-0.4, -0.2) is 15.5 Å². The minimum absolute atomic E-state index is 0.0276. The average molecular weight is 258 g/mol. The molecule has 0 aliphatic heterocycles. The molecule has 5 heteroatoms. The Bertz CT molecular complexity index is 545. The van der Waals surface area contributed by atoms with E-state index in [1.54, 1.807) is 6.20 Å². The number of benzene rings is 1. The number of aromatic nitrogens is 2. The molecule has 0 aliphatic carbocycles. The molecular formula is C14H18N4O. The predicted molar refractivity (Wildman–Crippen MR) is 74.2 cm³/mol. The Morgan fingerprint density at radius 3 is 2.74 bits per heavy atom. The number of hydrogen-bond acceptors (Lipinski definition) is 3. The van der Waals surface area contributed by atoms with Gasteiger partial charge in [0.25, 0.3) is 0 Å². The van der Waals surface area contributed by atoms with Gasteiger partial charge in [-0.1, -0.05) is 12.1 Å². The van der Waals surface area contributed by atoms with E-state index >= 15 is 0 Å². The predicted octanol–water partition coefficient (Wildman–Crippen LogP) is 1.25. The van der Waals surface area contributed by atoms with Crippen molar-refractivity contribution >= 4 is 11.6 Å². The fraction of sp³-hybridized carbons (Fsp3) is 0.286. The molecule has 100 valence electrons. The molecule has 3 N–H and O–H groups in total. The van der Waals surface area contributed by atoms with Crippen molar-refractivity contribution in [2.24, 2.45) is 7.05 Å². The van der Waals surface area contributed by atoms with Crippen LogP contribution < -0.4 is 11.1 Å². The highest BCUT2D eigenvalue weighted by atomic mass is 16.1. The van der Waals surface area contributed by atoms with Gasteiger partial charge < -0.3 is 15.6 Å². The smallest absolute Gasteiger partial charge is 0.220 e. The molecule has 1 aromatic carbocycles. The van der Waals surface area contributed by atoms with E-state index in [9.17, 15) is 4.79 Å². The normalized spacial score (nSPS) is 10.4. The lowest BCUT2D eigenvalue weighted by Gasteiger charge is -2.05. The maximum atomic E-state index is 11.7. The molecule has 0 bridgehead atoms. The van der Waals surface area contributed by atoms with Gasteiger partial charge in [-0.3, -0.25) is 4.79 Å². The van der Waals surface area contributed by atoms with Gasteiger partial charge in [0, 0.05) is 31.5 Å². The molecule has 2 aromatic rings. The molecule has 0 unspecified atom stereocenters. The fourth-order valence-electron chi connectivity index (χ4n) is 1.78. The summed E-state index contributed by atoms with van der Waals surface area (Å²) in [5.41, 5.74) is 7.46. The van der Waals surface area contributed by atoms with Crippen molar-refractivity contribution in [3.05, 3.63) is 48.0 Å². The lowest BCUT2D eigenvalue weighted by molar-refractivity contribution is -0.121. The third-order valence-electron chi connectivity index (χ3n) is 2.99. The molecule has 5 nitrogen and oxygen atoms in total. The summed E-state index contributed by atoms with van der Waals surface area (Å²) < 4.78 is 1.89. The van der Waals surface area contributed by atoms with E-state index < -0.39 is 0 Å². The van der Waals surface area contributed by atoms with Gasteiger partial charge in [-0.05, 0) is 24.1 Å². The first-order chi connectivity index (χ1) is 9.15. The largest absolute Gasteiger partial charge is 0.399 e. The highest BCUT2D eigenvalue weighted by Gasteiger charge is 2.04. The summed E-state index contributed by atoms with van der Waals surface area (Å²) in [6.07, 6.45) is 4.76. The van der Waals surface area contributed by atoms with Crippen molar-refractivity contribution in [2.75, 3.05) is 5.73 Å². The second kappa shape index (κ2) is 6.04. The summed E-state index contributed by atoms with van der Waals surface area (Å²) >= 11 is 0. The molecule has 1 heterocycles. The topological polar surface area (TPSA) is 72.9 Å². The summed E-state index contributed by atoms with van der Waals surface area (Å²) in [4.78, 5) is 15.9. The van der Waals surface area contributed by atoms with Crippen molar-refractivity contribution in [1.29, 1.82) is 0 Å². The zero-order valence-electron chi connectivity index (χ0n) is 11.0. The Labute approximate surface area is 112 Å². The van der Waals surface area contributed by atoms with Crippen LogP contribution in [0.15, 0.2) is 36.7 Å². The van der Waals surface area contributed by atoms with Crippen LogP contribution in [0, 0.1) is 0 Å². The fourth-order valence-corrected chi connectivity index (χ4v) is 1.78. The average Bonchev–Trinajstić information content (AvgIpc) is 2.81. The maximum absolute atomic E-state index is 11.7. The van der Waals surface area contributed by atoms with Crippen LogP contribution >= 0.6 is 0 Å². The first-order valence-electron chi connectivity index (χ1n) is 6.22. The van der Waals surface area contributed by atoms with E-state index in [1.807, 2.05) is 42.1 Å². The second-order valence-corrected chi connectivity index (χ2v) is 4.47. The zero-order chi connectivity index (χ0) is 13.7. The Balaban J connectivity index is 1.76. The minimum Gasteiger partial charge on any atom is -0.399 e. The van der Waals surface area contributed by atoms with Crippen LogP contribution in [0.5, 0.6) is 0 Å². The molecule has 0 saturated carbocycles. The first kappa shape index (κ1) is 13.1. The number of anilines is 1. The highest BCUT2D eigenvalue weighted by molar-refractivity contribution is 5.76. The van der Waals surface area contributed by atoms with Crippen LogP contribution in [0.1, 0.15) is 17.8 Å². The molecule has 2 rings (SSSR count). The maximum Gasteiger partial charge on any atom is 0.220 e. The van der Waals surface area contributed by atoms with Gasteiger partial charge in [0.2, 0.25) is 5.91 Å². The third-order valence-corrected chi connectivity index (χ3v) is 2.99. The van der Waals surface area contributed by atoms with E-state index in [1.165, 1.54) is 0 Å². The van der Waals surface area contributed by atoms with Crippen molar-refractivity contribution in [2.45, 2.75) is 19.4 Å². The standard InChI is InChI=1S/C14H18N4O/c1-18-9-8-16-13(18)10-17-14(19)7-4-11-2-5-12(15)6-3-11/h2-3,5-6,8-9H,4,7,10,15H2,1H3,(H,17,19). The van der Waals surface area contributed by atoms with Gasteiger partial charge in [0.05, 0.1) is 6.54 Å². The molecule has 1 amide bonds. The number of hydrogen-bond donors (Lipinski definition) is 2.